The number of nitrogens with one attached hydrogen (secondary N) is 1. The Bertz CT molecular complexity index is 864. The molecule has 2 aromatic carbocycles. The second-order valence-electron chi connectivity index (χ2n) is 5.03. The fourth-order valence-electron chi connectivity index (χ4n) is 1.83. The summed E-state index contributed by atoms with van der Waals surface area (Å²) in [4.78, 5) is 12.0. The molecule has 1 N–H and O–H groups in total. The zero-order valence-electron chi connectivity index (χ0n) is 13.1. The number of carbonyl (C=O) groups is 1. The first-order chi connectivity index (χ1) is 11.3. The van der Waals surface area contributed by atoms with Crippen LogP contribution in [0.25, 0.3) is 0 Å². The zero-order chi connectivity index (χ0) is 17.7. The first-order valence-corrected chi connectivity index (χ1v) is 9.54. The van der Waals surface area contributed by atoms with Crippen LogP contribution >= 0.6 is 15.9 Å². The molecule has 2 aromatic rings. The molecule has 0 heterocycles. The van der Waals surface area contributed by atoms with Crippen LogP contribution in [0.2, 0.25) is 0 Å². The van der Waals surface area contributed by atoms with Crippen LogP contribution in [0.1, 0.15) is 15.9 Å². The second-order valence-corrected chi connectivity index (χ2v) is 7.96. The minimum Gasteiger partial charge on any atom is -0.274 e. The van der Waals surface area contributed by atoms with E-state index in [0.717, 1.165) is 20.6 Å². The Morgan fingerprint density at radius 2 is 1.88 bits per heavy atom. The first-order valence-electron chi connectivity index (χ1n) is 6.90. The van der Waals surface area contributed by atoms with Crippen LogP contribution in [0.5, 0.6) is 0 Å². The van der Waals surface area contributed by atoms with Crippen LogP contribution < -0.4 is 9.73 Å². The molecule has 1 amide bonds. The maximum absolute atomic E-state index is 12.0. The van der Waals surface area contributed by atoms with E-state index in [9.17, 15) is 13.2 Å². The molecule has 0 fully saturated rings. The van der Waals surface area contributed by atoms with Gasteiger partial charge in [-0.05, 0) is 42.0 Å². The predicted octanol–water partition coefficient (Wildman–Crippen LogP) is 2.61. The monoisotopic (exact) mass is 409 g/mol. The Kier molecular flexibility index (Phi) is 5.74. The van der Waals surface area contributed by atoms with Crippen LogP contribution in [0.15, 0.2) is 58.1 Å². The number of amides is 1. The Labute approximate surface area is 149 Å². The highest BCUT2D eigenvalue weighted by molar-refractivity contribution is 9.10. The molecule has 0 aliphatic carbocycles. The van der Waals surface area contributed by atoms with E-state index in [0.29, 0.717) is 11.3 Å². The molecule has 0 spiro atoms. The van der Waals surface area contributed by atoms with E-state index in [-0.39, 0.29) is 5.91 Å². The zero-order valence-corrected chi connectivity index (χ0v) is 15.5. The maximum Gasteiger partial charge on any atom is 0.271 e. The number of hydrazone groups is 1. The van der Waals surface area contributed by atoms with Crippen LogP contribution in [-0.2, 0) is 10.0 Å². The summed E-state index contributed by atoms with van der Waals surface area (Å²) in [5.74, 6) is -0.380. The lowest BCUT2D eigenvalue weighted by Gasteiger charge is -2.16. The Morgan fingerprint density at radius 3 is 2.46 bits per heavy atom. The highest BCUT2D eigenvalue weighted by Crippen LogP contribution is 2.16. The summed E-state index contributed by atoms with van der Waals surface area (Å²) in [7, 11) is -1.88. The van der Waals surface area contributed by atoms with Gasteiger partial charge in [-0.15, -0.1) is 0 Å². The third kappa shape index (κ3) is 4.90. The lowest BCUT2D eigenvalue weighted by Crippen LogP contribution is -2.25. The van der Waals surface area contributed by atoms with Crippen molar-refractivity contribution in [3.8, 4) is 0 Å². The molecular formula is C16H16BrN3O3S. The number of anilines is 1. The summed E-state index contributed by atoms with van der Waals surface area (Å²) in [6, 6.07) is 13.7. The summed E-state index contributed by atoms with van der Waals surface area (Å²) in [6.07, 6.45) is 2.65. The van der Waals surface area contributed by atoms with Gasteiger partial charge in [-0.3, -0.25) is 9.10 Å². The Hall–Kier alpha value is -2.19. The highest BCUT2D eigenvalue weighted by Gasteiger charge is 2.12. The molecule has 2 rings (SSSR count). The van der Waals surface area contributed by atoms with Gasteiger partial charge in [0.2, 0.25) is 10.0 Å². The van der Waals surface area contributed by atoms with Gasteiger partial charge in [-0.2, -0.15) is 5.10 Å². The number of sulfonamides is 1. The lowest BCUT2D eigenvalue weighted by molar-refractivity contribution is 0.0955. The smallest absolute Gasteiger partial charge is 0.271 e. The second kappa shape index (κ2) is 7.59. The molecule has 0 saturated carbocycles. The largest absolute Gasteiger partial charge is 0.274 e. The molecule has 24 heavy (non-hydrogen) atoms. The van der Waals surface area contributed by atoms with Crippen molar-refractivity contribution in [2.75, 3.05) is 17.6 Å². The van der Waals surface area contributed by atoms with Crippen LogP contribution in [0.3, 0.4) is 0 Å². The first kappa shape index (κ1) is 18.2. The molecule has 0 aliphatic rings. The number of halogens is 1. The molecule has 0 saturated heterocycles. The van der Waals surface area contributed by atoms with E-state index in [1.165, 1.54) is 13.3 Å². The number of rotatable bonds is 5. The van der Waals surface area contributed by atoms with Crippen LogP contribution in [0, 0.1) is 0 Å². The molecule has 0 bridgehead atoms. The molecule has 0 aromatic heterocycles. The molecule has 8 heteroatoms. The van der Waals surface area contributed by atoms with Gasteiger partial charge in [0, 0.05) is 17.1 Å². The van der Waals surface area contributed by atoms with E-state index >= 15 is 0 Å². The maximum atomic E-state index is 12.0. The fourth-order valence-corrected chi connectivity index (χ4v) is 2.75. The highest BCUT2D eigenvalue weighted by atomic mass is 79.9. The Morgan fingerprint density at radius 1 is 1.21 bits per heavy atom. The van der Waals surface area contributed by atoms with Crippen molar-refractivity contribution in [2.45, 2.75) is 0 Å². The molecule has 0 aliphatic heterocycles. The van der Waals surface area contributed by atoms with Crippen molar-refractivity contribution in [1.82, 2.24) is 5.43 Å². The van der Waals surface area contributed by atoms with Crippen molar-refractivity contribution in [3.63, 3.8) is 0 Å². The number of hydrogen-bond acceptors (Lipinski definition) is 4. The van der Waals surface area contributed by atoms with Gasteiger partial charge in [-0.25, -0.2) is 13.8 Å². The van der Waals surface area contributed by atoms with Gasteiger partial charge in [0.05, 0.1) is 18.2 Å². The summed E-state index contributed by atoms with van der Waals surface area (Å²) >= 11 is 3.36. The molecule has 0 atom stereocenters. The van der Waals surface area contributed by atoms with Crippen molar-refractivity contribution in [3.05, 3.63) is 64.1 Å². The number of hydrogen-bond donors (Lipinski definition) is 1. The number of carbonyl (C=O) groups excluding carboxylic acids is 1. The summed E-state index contributed by atoms with van der Waals surface area (Å²) in [5.41, 5.74) is 4.13. The number of benzene rings is 2. The minimum absolute atomic E-state index is 0.380. The molecule has 6 nitrogen and oxygen atoms in total. The average Bonchev–Trinajstić information content (AvgIpc) is 2.53. The van der Waals surface area contributed by atoms with Gasteiger partial charge < -0.3 is 0 Å². The van der Waals surface area contributed by atoms with Crippen LogP contribution in [-0.4, -0.2) is 33.8 Å². The molecule has 0 unspecified atom stereocenters. The lowest BCUT2D eigenvalue weighted by atomic mass is 10.2. The normalized spacial score (nSPS) is 11.5. The van der Waals surface area contributed by atoms with Gasteiger partial charge in [0.15, 0.2) is 0 Å². The van der Waals surface area contributed by atoms with E-state index in [2.05, 4.69) is 26.5 Å². The summed E-state index contributed by atoms with van der Waals surface area (Å²) in [6.45, 7) is 0. The minimum atomic E-state index is -3.33. The predicted molar refractivity (Wildman–Crippen MR) is 98.9 cm³/mol. The molecule has 126 valence electrons. The van der Waals surface area contributed by atoms with Gasteiger partial charge >= 0.3 is 0 Å². The molecular weight excluding hydrogens is 394 g/mol. The van der Waals surface area contributed by atoms with E-state index in [4.69, 9.17) is 0 Å². The van der Waals surface area contributed by atoms with E-state index in [1.54, 1.807) is 24.3 Å². The van der Waals surface area contributed by atoms with Crippen molar-refractivity contribution in [1.29, 1.82) is 0 Å². The quantitative estimate of drug-likeness (QED) is 0.608. The third-order valence-electron chi connectivity index (χ3n) is 3.22. The van der Waals surface area contributed by atoms with Crippen molar-refractivity contribution < 1.29 is 13.2 Å². The van der Waals surface area contributed by atoms with Gasteiger partial charge in [-0.1, -0.05) is 28.1 Å². The summed E-state index contributed by atoms with van der Waals surface area (Å²) < 4.78 is 25.0. The summed E-state index contributed by atoms with van der Waals surface area (Å²) in [5, 5.41) is 3.90. The van der Waals surface area contributed by atoms with Crippen molar-refractivity contribution in [2.24, 2.45) is 5.10 Å². The Balaban J connectivity index is 2.03. The van der Waals surface area contributed by atoms with Crippen LogP contribution in [0.4, 0.5) is 5.69 Å². The average molecular weight is 410 g/mol. The standard InChI is InChI=1S/C16H16BrN3O3S/c1-20(24(2,22)23)15-8-6-13(7-9-15)16(21)19-18-11-12-4-3-5-14(17)10-12/h3-11H,1-2H3,(H,19,21)/b18-11-. The van der Waals surface area contributed by atoms with Gasteiger partial charge in [0.25, 0.3) is 5.91 Å². The fraction of sp³-hybridized carbons (Fsp3) is 0.125. The van der Waals surface area contributed by atoms with E-state index in [1.807, 2.05) is 24.3 Å². The molecule has 0 radical (unpaired) electrons. The number of nitrogens with zero attached hydrogens (tertiary/aromatic N) is 2. The topological polar surface area (TPSA) is 78.8 Å². The SMILES string of the molecule is CN(c1ccc(C(=O)N/N=C\c2cccc(Br)c2)cc1)S(C)(=O)=O. The van der Waals surface area contributed by atoms with Gasteiger partial charge in [0.1, 0.15) is 0 Å². The van der Waals surface area contributed by atoms with Crippen molar-refractivity contribution >= 4 is 43.8 Å². The third-order valence-corrected chi connectivity index (χ3v) is 4.92. The van der Waals surface area contributed by atoms with E-state index < -0.39 is 10.0 Å².